The quantitative estimate of drug-likeness (QED) is 0.687. The van der Waals surface area contributed by atoms with E-state index in [0.717, 1.165) is 11.3 Å². The standard InChI is InChI=1S/C11H9FN2/c1-8-6-9(2-4-13-8)11-7-10(12)3-5-14-11/h2-7H,1H3. The Balaban J connectivity index is 2.49. The fourth-order valence-electron chi connectivity index (χ4n) is 1.27. The maximum atomic E-state index is 12.9. The molecule has 0 saturated carbocycles. The van der Waals surface area contributed by atoms with E-state index in [2.05, 4.69) is 9.97 Å². The maximum absolute atomic E-state index is 12.9. The Kier molecular flexibility index (Phi) is 2.23. The second-order valence-corrected chi connectivity index (χ2v) is 3.05. The maximum Gasteiger partial charge on any atom is 0.126 e. The van der Waals surface area contributed by atoms with Crippen molar-refractivity contribution in [3.8, 4) is 11.3 Å². The molecular formula is C11H9FN2. The first-order valence-corrected chi connectivity index (χ1v) is 4.30. The van der Waals surface area contributed by atoms with E-state index in [1.54, 1.807) is 6.20 Å². The fraction of sp³-hybridized carbons (Fsp3) is 0.0909. The van der Waals surface area contributed by atoms with Crippen molar-refractivity contribution in [2.45, 2.75) is 6.92 Å². The molecule has 2 aromatic rings. The highest BCUT2D eigenvalue weighted by Gasteiger charge is 2.00. The highest BCUT2D eigenvalue weighted by Crippen LogP contribution is 2.16. The summed E-state index contributed by atoms with van der Waals surface area (Å²) in [5.74, 6) is -0.274. The average molecular weight is 188 g/mol. The number of nitrogens with zero attached hydrogens (tertiary/aromatic N) is 2. The minimum absolute atomic E-state index is 0.274. The van der Waals surface area contributed by atoms with Gasteiger partial charge < -0.3 is 0 Å². The fourth-order valence-corrected chi connectivity index (χ4v) is 1.27. The topological polar surface area (TPSA) is 25.8 Å². The highest BCUT2D eigenvalue weighted by molar-refractivity contribution is 5.58. The summed E-state index contributed by atoms with van der Waals surface area (Å²) in [4.78, 5) is 8.15. The van der Waals surface area contributed by atoms with Gasteiger partial charge in [0.05, 0.1) is 5.69 Å². The van der Waals surface area contributed by atoms with Gasteiger partial charge in [-0.2, -0.15) is 0 Å². The summed E-state index contributed by atoms with van der Waals surface area (Å²) in [6.45, 7) is 1.89. The minimum atomic E-state index is -0.274. The van der Waals surface area contributed by atoms with E-state index in [-0.39, 0.29) is 5.82 Å². The molecule has 0 aliphatic carbocycles. The molecule has 0 aromatic carbocycles. The van der Waals surface area contributed by atoms with Crippen LogP contribution in [0.25, 0.3) is 11.3 Å². The molecule has 0 N–H and O–H groups in total. The molecule has 2 rings (SSSR count). The van der Waals surface area contributed by atoms with Crippen LogP contribution in [0.4, 0.5) is 4.39 Å². The van der Waals surface area contributed by atoms with Crippen LogP contribution < -0.4 is 0 Å². The Morgan fingerprint density at radius 1 is 1.07 bits per heavy atom. The summed E-state index contributed by atoms with van der Waals surface area (Å²) in [5, 5.41) is 0. The number of aryl methyl sites for hydroxylation is 1. The first-order chi connectivity index (χ1) is 6.75. The smallest absolute Gasteiger partial charge is 0.126 e. The molecule has 2 heterocycles. The van der Waals surface area contributed by atoms with Crippen LogP contribution in [0.5, 0.6) is 0 Å². The molecule has 0 spiro atoms. The van der Waals surface area contributed by atoms with E-state index in [4.69, 9.17) is 0 Å². The van der Waals surface area contributed by atoms with Crippen LogP contribution in [0, 0.1) is 12.7 Å². The molecule has 0 saturated heterocycles. The molecule has 0 unspecified atom stereocenters. The zero-order chi connectivity index (χ0) is 9.97. The van der Waals surface area contributed by atoms with Gasteiger partial charge in [-0.15, -0.1) is 0 Å². The third-order valence-corrected chi connectivity index (χ3v) is 1.91. The molecule has 0 aliphatic heterocycles. The van der Waals surface area contributed by atoms with Crippen molar-refractivity contribution in [2.24, 2.45) is 0 Å². The summed E-state index contributed by atoms with van der Waals surface area (Å²) in [7, 11) is 0. The van der Waals surface area contributed by atoms with Gasteiger partial charge in [0.25, 0.3) is 0 Å². The van der Waals surface area contributed by atoms with E-state index in [0.29, 0.717) is 5.69 Å². The van der Waals surface area contributed by atoms with Crippen molar-refractivity contribution in [2.75, 3.05) is 0 Å². The summed E-state index contributed by atoms with van der Waals surface area (Å²) in [5.41, 5.74) is 2.42. The number of pyridine rings is 2. The molecule has 0 amide bonds. The van der Waals surface area contributed by atoms with Crippen LogP contribution >= 0.6 is 0 Å². The van der Waals surface area contributed by atoms with Crippen molar-refractivity contribution >= 4 is 0 Å². The molecule has 2 aromatic heterocycles. The van der Waals surface area contributed by atoms with E-state index in [1.165, 1.54) is 18.3 Å². The van der Waals surface area contributed by atoms with Crippen LogP contribution in [0.1, 0.15) is 5.69 Å². The van der Waals surface area contributed by atoms with Gasteiger partial charge in [-0.25, -0.2) is 4.39 Å². The summed E-state index contributed by atoms with van der Waals surface area (Å²) in [6.07, 6.45) is 3.15. The Morgan fingerprint density at radius 3 is 2.57 bits per heavy atom. The van der Waals surface area contributed by atoms with E-state index < -0.39 is 0 Å². The van der Waals surface area contributed by atoms with Crippen LogP contribution in [0.2, 0.25) is 0 Å². The SMILES string of the molecule is Cc1cc(-c2cc(F)ccn2)ccn1. The van der Waals surface area contributed by atoms with Gasteiger partial charge in [-0.3, -0.25) is 9.97 Å². The number of aromatic nitrogens is 2. The largest absolute Gasteiger partial charge is 0.262 e. The Hall–Kier alpha value is -1.77. The summed E-state index contributed by atoms with van der Waals surface area (Å²) >= 11 is 0. The number of rotatable bonds is 1. The molecule has 0 fully saturated rings. The second-order valence-electron chi connectivity index (χ2n) is 3.05. The molecular weight excluding hydrogens is 179 g/mol. The third kappa shape index (κ3) is 1.76. The van der Waals surface area contributed by atoms with Crippen molar-refractivity contribution in [1.82, 2.24) is 9.97 Å². The highest BCUT2D eigenvalue weighted by atomic mass is 19.1. The normalized spacial score (nSPS) is 10.1. The van der Waals surface area contributed by atoms with Crippen molar-refractivity contribution in [3.63, 3.8) is 0 Å². The molecule has 2 nitrogen and oxygen atoms in total. The molecule has 14 heavy (non-hydrogen) atoms. The molecule has 0 bridgehead atoms. The van der Waals surface area contributed by atoms with Gasteiger partial charge in [-0.05, 0) is 25.1 Å². The number of hydrogen-bond acceptors (Lipinski definition) is 2. The molecule has 3 heteroatoms. The lowest BCUT2D eigenvalue weighted by atomic mass is 10.1. The number of hydrogen-bond donors (Lipinski definition) is 0. The zero-order valence-electron chi connectivity index (χ0n) is 7.74. The predicted molar refractivity (Wildman–Crippen MR) is 52.2 cm³/mol. The molecule has 0 radical (unpaired) electrons. The summed E-state index contributed by atoms with van der Waals surface area (Å²) in [6, 6.07) is 6.43. The van der Waals surface area contributed by atoms with Gasteiger partial charge in [0.1, 0.15) is 5.82 Å². The van der Waals surface area contributed by atoms with Crippen LogP contribution in [0.15, 0.2) is 36.7 Å². The van der Waals surface area contributed by atoms with E-state index >= 15 is 0 Å². The van der Waals surface area contributed by atoms with E-state index in [1.807, 2.05) is 19.1 Å². The van der Waals surface area contributed by atoms with Crippen molar-refractivity contribution < 1.29 is 4.39 Å². The minimum Gasteiger partial charge on any atom is -0.262 e. The first kappa shape index (κ1) is 8.81. The van der Waals surface area contributed by atoms with E-state index in [9.17, 15) is 4.39 Å². The van der Waals surface area contributed by atoms with Crippen LogP contribution in [0.3, 0.4) is 0 Å². The van der Waals surface area contributed by atoms with Gasteiger partial charge in [0, 0.05) is 29.7 Å². The molecule has 0 atom stereocenters. The zero-order valence-corrected chi connectivity index (χ0v) is 7.74. The van der Waals surface area contributed by atoms with Crippen molar-refractivity contribution in [3.05, 3.63) is 48.2 Å². The lowest BCUT2D eigenvalue weighted by Crippen LogP contribution is -1.87. The Morgan fingerprint density at radius 2 is 1.86 bits per heavy atom. The molecule has 70 valence electrons. The predicted octanol–water partition coefficient (Wildman–Crippen LogP) is 2.59. The lowest BCUT2D eigenvalue weighted by molar-refractivity contribution is 0.626. The van der Waals surface area contributed by atoms with Crippen LogP contribution in [-0.4, -0.2) is 9.97 Å². The third-order valence-electron chi connectivity index (χ3n) is 1.91. The number of halogens is 1. The first-order valence-electron chi connectivity index (χ1n) is 4.30. The average Bonchev–Trinajstić information content (AvgIpc) is 2.18. The van der Waals surface area contributed by atoms with Gasteiger partial charge in [0.2, 0.25) is 0 Å². The Bertz CT molecular complexity index is 411. The second kappa shape index (κ2) is 3.54. The van der Waals surface area contributed by atoms with Gasteiger partial charge in [-0.1, -0.05) is 0 Å². The Labute approximate surface area is 81.5 Å². The van der Waals surface area contributed by atoms with Gasteiger partial charge in [0.15, 0.2) is 0 Å². The summed E-state index contributed by atoms with van der Waals surface area (Å²) < 4.78 is 12.9. The van der Waals surface area contributed by atoms with Crippen LogP contribution in [-0.2, 0) is 0 Å². The lowest BCUT2D eigenvalue weighted by Gasteiger charge is -2.00. The monoisotopic (exact) mass is 188 g/mol. The van der Waals surface area contributed by atoms with Gasteiger partial charge >= 0.3 is 0 Å². The van der Waals surface area contributed by atoms with Crippen molar-refractivity contribution in [1.29, 1.82) is 0 Å². The molecule has 0 aliphatic rings.